The number of nitrogens with one attached hydrogen (secondary N) is 1. The van der Waals surface area contributed by atoms with E-state index in [1.54, 1.807) is 0 Å². The first-order valence-corrected chi connectivity index (χ1v) is 14.3. The van der Waals surface area contributed by atoms with E-state index in [1.165, 1.54) is 99.2 Å². The maximum Gasteiger partial charge on any atom is 0.0534 e. The van der Waals surface area contributed by atoms with Crippen molar-refractivity contribution >= 4 is 32.4 Å². The van der Waals surface area contributed by atoms with Crippen LogP contribution in [0.15, 0.2) is 134 Å². The van der Waals surface area contributed by atoms with Crippen molar-refractivity contribution in [1.29, 1.82) is 0 Å². The van der Waals surface area contributed by atoms with E-state index in [2.05, 4.69) is 139 Å². The summed E-state index contributed by atoms with van der Waals surface area (Å²) in [5.41, 5.74) is 16.9. The highest BCUT2D eigenvalue weighted by Gasteiger charge is 2.25. The lowest BCUT2D eigenvalue weighted by Gasteiger charge is -2.14. The average molecular weight is 518 g/mol. The van der Waals surface area contributed by atoms with Crippen LogP contribution in [0, 0.1) is 0 Å². The third-order valence-corrected chi connectivity index (χ3v) is 9.36. The van der Waals surface area contributed by atoms with Gasteiger partial charge < -0.3 is 4.98 Å². The minimum Gasteiger partial charge on any atom is -0.361 e. The average Bonchev–Trinajstić information content (AvgIpc) is 3.73. The molecule has 0 bridgehead atoms. The second-order valence-electron chi connectivity index (χ2n) is 11.3. The Bertz CT molecular complexity index is 2360. The standard InChI is InChI=1S/C40H23N/c1-3-9-28-26(7-1)32-12-5-11-31-25(15-17-35(28)38(31)32)24-21-23-19-20-41-40(23)37(22-24)30-16-18-36-29-10-4-2-8-27(29)33-13-6-14-34(30)39(33)36/h1-22,41H. The van der Waals surface area contributed by atoms with Crippen molar-refractivity contribution in [1.82, 2.24) is 4.98 Å². The lowest BCUT2D eigenvalue weighted by atomic mass is 9.89. The van der Waals surface area contributed by atoms with Gasteiger partial charge in [-0.3, -0.25) is 0 Å². The maximum absolute atomic E-state index is 3.57. The molecule has 2 aliphatic carbocycles. The first-order valence-electron chi connectivity index (χ1n) is 14.3. The summed E-state index contributed by atoms with van der Waals surface area (Å²) in [5.74, 6) is 0. The van der Waals surface area contributed by atoms with Crippen LogP contribution >= 0.6 is 0 Å². The molecule has 1 heterocycles. The third kappa shape index (κ3) is 2.70. The summed E-state index contributed by atoms with van der Waals surface area (Å²) in [5, 5.41) is 6.58. The lowest BCUT2D eigenvalue weighted by molar-refractivity contribution is 1.47. The Balaban J connectivity index is 1.25. The van der Waals surface area contributed by atoms with E-state index in [-0.39, 0.29) is 0 Å². The highest BCUT2D eigenvalue weighted by molar-refractivity contribution is 6.21. The number of fused-ring (bicyclic) bond motifs is 7. The number of benzene rings is 7. The second-order valence-corrected chi connectivity index (χ2v) is 11.3. The van der Waals surface area contributed by atoms with E-state index >= 15 is 0 Å². The quantitative estimate of drug-likeness (QED) is 0.235. The van der Waals surface area contributed by atoms with E-state index in [0.29, 0.717) is 0 Å². The zero-order valence-electron chi connectivity index (χ0n) is 22.2. The van der Waals surface area contributed by atoms with Gasteiger partial charge in [-0.15, -0.1) is 0 Å². The van der Waals surface area contributed by atoms with Gasteiger partial charge in [-0.25, -0.2) is 0 Å². The molecule has 7 aromatic carbocycles. The molecule has 10 rings (SSSR count). The zero-order chi connectivity index (χ0) is 26.7. The van der Waals surface area contributed by atoms with Crippen LogP contribution in [0.1, 0.15) is 0 Å². The molecule has 0 saturated carbocycles. The molecule has 41 heavy (non-hydrogen) atoms. The zero-order valence-corrected chi connectivity index (χ0v) is 22.2. The van der Waals surface area contributed by atoms with Gasteiger partial charge in [0.1, 0.15) is 0 Å². The van der Waals surface area contributed by atoms with E-state index in [4.69, 9.17) is 0 Å². The molecule has 2 aliphatic rings. The molecule has 0 spiro atoms. The summed E-state index contributed by atoms with van der Waals surface area (Å²) in [6.45, 7) is 0. The van der Waals surface area contributed by atoms with Crippen LogP contribution in [-0.4, -0.2) is 4.98 Å². The summed E-state index contributed by atoms with van der Waals surface area (Å²) in [7, 11) is 0. The third-order valence-electron chi connectivity index (χ3n) is 9.36. The Kier molecular flexibility index (Phi) is 3.98. The predicted molar refractivity (Wildman–Crippen MR) is 173 cm³/mol. The van der Waals surface area contributed by atoms with Crippen molar-refractivity contribution in [2.45, 2.75) is 0 Å². The molecule has 0 radical (unpaired) electrons. The highest BCUT2D eigenvalue weighted by atomic mass is 14.7. The van der Waals surface area contributed by atoms with Gasteiger partial charge in [0.25, 0.3) is 0 Å². The molecule has 188 valence electrons. The molecule has 0 aliphatic heterocycles. The van der Waals surface area contributed by atoms with Gasteiger partial charge in [0.2, 0.25) is 0 Å². The van der Waals surface area contributed by atoms with Crippen LogP contribution in [0.4, 0.5) is 0 Å². The van der Waals surface area contributed by atoms with E-state index in [9.17, 15) is 0 Å². The summed E-state index contributed by atoms with van der Waals surface area (Å²) in [6, 6.07) is 47.4. The molecular weight excluding hydrogens is 494 g/mol. The molecule has 0 atom stereocenters. The van der Waals surface area contributed by atoms with Gasteiger partial charge in [0, 0.05) is 17.1 Å². The van der Waals surface area contributed by atoms with E-state index in [1.807, 2.05) is 0 Å². The van der Waals surface area contributed by atoms with Gasteiger partial charge in [0.15, 0.2) is 0 Å². The maximum atomic E-state index is 3.57. The summed E-state index contributed by atoms with van der Waals surface area (Å²) < 4.78 is 0. The first-order chi connectivity index (χ1) is 20.3. The van der Waals surface area contributed by atoms with Crippen molar-refractivity contribution in [2.75, 3.05) is 0 Å². The van der Waals surface area contributed by atoms with Crippen LogP contribution in [0.2, 0.25) is 0 Å². The van der Waals surface area contributed by atoms with Crippen molar-refractivity contribution in [3.05, 3.63) is 134 Å². The Morgan fingerprint density at radius 2 is 0.829 bits per heavy atom. The monoisotopic (exact) mass is 517 g/mol. The van der Waals surface area contributed by atoms with Crippen molar-refractivity contribution in [3.63, 3.8) is 0 Å². The number of aromatic nitrogens is 1. The summed E-state index contributed by atoms with van der Waals surface area (Å²) in [4.78, 5) is 3.57. The van der Waals surface area contributed by atoms with Crippen LogP contribution in [0.5, 0.6) is 0 Å². The van der Waals surface area contributed by atoms with Crippen molar-refractivity contribution in [3.8, 4) is 66.8 Å². The Hall–Kier alpha value is -5.40. The minimum absolute atomic E-state index is 1.18. The molecule has 0 amide bonds. The molecule has 1 aromatic heterocycles. The lowest BCUT2D eigenvalue weighted by Crippen LogP contribution is -1.89. The summed E-state index contributed by atoms with van der Waals surface area (Å²) >= 11 is 0. The van der Waals surface area contributed by atoms with E-state index < -0.39 is 0 Å². The molecule has 0 fully saturated rings. The predicted octanol–water partition coefficient (Wildman–Crippen LogP) is 11.1. The normalized spacial score (nSPS) is 12.4. The fourth-order valence-corrected chi connectivity index (χ4v) is 7.64. The fraction of sp³-hybridized carbons (Fsp3) is 0. The van der Waals surface area contributed by atoms with Crippen LogP contribution in [-0.2, 0) is 0 Å². The van der Waals surface area contributed by atoms with E-state index in [0.717, 1.165) is 0 Å². The number of H-pyrrole nitrogens is 1. The molecule has 1 N–H and O–H groups in total. The molecule has 1 heteroatoms. The first kappa shape index (κ1) is 21.4. The van der Waals surface area contributed by atoms with Gasteiger partial charge in [0.05, 0.1) is 5.52 Å². The molecular formula is C40H23N. The largest absolute Gasteiger partial charge is 0.361 e. The number of rotatable bonds is 2. The molecule has 0 unspecified atom stereocenters. The topological polar surface area (TPSA) is 15.8 Å². The van der Waals surface area contributed by atoms with Crippen LogP contribution < -0.4 is 0 Å². The Morgan fingerprint density at radius 1 is 0.341 bits per heavy atom. The van der Waals surface area contributed by atoms with Gasteiger partial charge in [-0.2, -0.15) is 0 Å². The molecule has 0 saturated heterocycles. The molecule has 1 nitrogen and oxygen atoms in total. The second kappa shape index (κ2) is 7.62. The number of hydrogen-bond acceptors (Lipinski definition) is 0. The Morgan fingerprint density at radius 3 is 1.44 bits per heavy atom. The fourth-order valence-electron chi connectivity index (χ4n) is 7.64. The highest BCUT2D eigenvalue weighted by Crippen LogP contribution is 2.52. The van der Waals surface area contributed by atoms with Gasteiger partial charge in [-0.1, -0.05) is 109 Å². The van der Waals surface area contributed by atoms with Gasteiger partial charge in [-0.05, 0) is 101 Å². The van der Waals surface area contributed by atoms with Crippen LogP contribution in [0.3, 0.4) is 0 Å². The van der Waals surface area contributed by atoms with Crippen LogP contribution in [0.25, 0.3) is 99.2 Å². The smallest absolute Gasteiger partial charge is 0.0534 e. The SMILES string of the molecule is c1ccc2c(c1)-c1cccc3c(-c4cc(-c5ccc6c7c(cccc57)-c5ccccc5-6)c5[nH]ccc5c4)ccc-2c13. The van der Waals surface area contributed by atoms with Crippen molar-refractivity contribution < 1.29 is 0 Å². The number of hydrogen-bond donors (Lipinski definition) is 1. The Labute approximate surface area is 237 Å². The molecule has 8 aromatic rings. The van der Waals surface area contributed by atoms with Crippen molar-refractivity contribution in [2.24, 2.45) is 0 Å². The summed E-state index contributed by atoms with van der Waals surface area (Å²) in [6.07, 6.45) is 2.07. The minimum atomic E-state index is 1.18. The number of aromatic amines is 1. The van der Waals surface area contributed by atoms with Gasteiger partial charge >= 0.3 is 0 Å².